The fraction of sp³-hybridized carbons (Fsp3) is 0.200. The van der Waals surface area contributed by atoms with Gasteiger partial charge in [-0.25, -0.2) is 4.99 Å². The molecule has 5 heteroatoms. The highest BCUT2D eigenvalue weighted by Crippen LogP contribution is 1.96. The summed E-state index contributed by atoms with van der Waals surface area (Å²) in [6, 6.07) is 1.72. The summed E-state index contributed by atoms with van der Waals surface area (Å²) in [6.45, 7) is 7.44. The van der Waals surface area contributed by atoms with Gasteiger partial charge in [0.2, 0.25) is 0 Å². The molecule has 0 aliphatic heterocycles. The number of hydrogen-bond acceptors (Lipinski definition) is 5. The highest BCUT2D eigenvalue weighted by atomic mass is 16.3. The van der Waals surface area contributed by atoms with Crippen molar-refractivity contribution in [2.45, 2.75) is 6.54 Å². The van der Waals surface area contributed by atoms with Gasteiger partial charge in [0.05, 0.1) is 6.54 Å². The molecule has 0 aliphatic carbocycles. The summed E-state index contributed by atoms with van der Waals surface area (Å²) in [6.07, 6.45) is 1.96. The summed E-state index contributed by atoms with van der Waals surface area (Å²) in [5.41, 5.74) is 5.96. The third-order valence-corrected chi connectivity index (χ3v) is 1.83. The predicted octanol–water partition coefficient (Wildman–Crippen LogP) is -0.672. The molecule has 0 saturated carbocycles. The van der Waals surface area contributed by atoms with Crippen LogP contribution in [0, 0.1) is 11.5 Å². The van der Waals surface area contributed by atoms with Gasteiger partial charge >= 0.3 is 0 Å². The van der Waals surface area contributed by atoms with Gasteiger partial charge in [-0.2, -0.15) is 5.26 Å². The van der Waals surface area contributed by atoms with Crippen LogP contribution < -0.4 is 16.4 Å². The Labute approximate surface area is 87.4 Å². The number of nitriles is 1. The number of furan rings is 1. The minimum absolute atomic E-state index is 0.200. The van der Waals surface area contributed by atoms with Gasteiger partial charge in [-0.15, -0.1) is 0 Å². The standard InChI is InChI=1S/C10H12N4O/c1-7-4-8(5-14(3)6-11)15-9(7)10(12)13-2/h4H,1-2,5,12H2,3H3/b10-9+. The van der Waals surface area contributed by atoms with Gasteiger partial charge in [0, 0.05) is 12.3 Å². The van der Waals surface area contributed by atoms with E-state index in [1.165, 1.54) is 4.90 Å². The number of nitrogens with two attached hydrogens (primary N) is 1. The molecule has 0 amide bonds. The summed E-state index contributed by atoms with van der Waals surface area (Å²) in [4.78, 5) is 4.99. The third kappa shape index (κ3) is 2.38. The van der Waals surface area contributed by atoms with Crippen molar-refractivity contribution in [1.29, 1.82) is 5.26 Å². The molecule has 0 spiro atoms. The fourth-order valence-electron chi connectivity index (χ4n) is 1.12. The number of aliphatic imine (C=N–C) groups is 1. The molecule has 1 rings (SSSR count). The second-order valence-electron chi connectivity index (χ2n) is 3.07. The zero-order chi connectivity index (χ0) is 11.4. The van der Waals surface area contributed by atoms with Crippen LogP contribution in [0.4, 0.5) is 0 Å². The second kappa shape index (κ2) is 4.33. The van der Waals surface area contributed by atoms with Crippen molar-refractivity contribution in [3.63, 3.8) is 0 Å². The van der Waals surface area contributed by atoms with Crippen LogP contribution in [0.15, 0.2) is 15.5 Å². The molecular formula is C10H12N4O. The molecule has 1 aromatic rings. The van der Waals surface area contributed by atoms with E-state index in [1.54, 1.807) is 13.1 Å². The van der Waals surface area contributed by atoms with E-state index in [0.717, 1.165) is 0 Å². The molecule has 0 fully saturated rings. The predicted molar refractivity (Wildman–Crippen MR) is 57.7 cm³/mol. The topological polar surface area (TPSA) is 78.5 Å². The average Bonchev–Trinajstić information content (AvgIpc) is 2.58. The maximum Gasteiger partial charge on any atom is 0.179 e. The Morgan fingerprint density at radius 3 is 3.00 bits per heavy atom. The fourth-order valence-corrected chi connectivity index (χ4v) is 1.12. The minimum atomic E-state index is 0.200. The maximum atomic E-state index is 8.59. The lowest BCUT2D eigenvalue weighted by molar-refractivity contribution is 0.382. The molecule has 1 heterocycles. The Morgan fingerprint density at radius 2 is 2.47 bits per heavy atom. The molecular weight excluding hydrogens is 192 g/mol. The Kier molecular flexibility index (Phi) is 3.13. The van der Waals surface area contributed by atoms with Crippen LogP contribution >= 0.6 is 0 Å². The summed E-state index contributed by atoms with van der Waals surface area (Å²) in [5, 5.41) is 9.23. The van der Waals surface area contributed by atoms with E-state index in [1.807, 2.05) is 6.19 Å². The smallest absolute Gasteiger partial charge is 0.179 e. The highest BCUT2D eigenvalue weighted by Gasteiger charge is 2.03. The molecule has 0 radical (unpaired) electrons. The van der Waals surface area contributed by atoms with E-state index in [4.69, 9.17) is 15.4 Å². The van der Waals surface area contributed by atoms with E-state index < -0.39 is 0 Å². The largest absolute Gasteiger partial charge is 0.455 e. The van der Waals surface area contributed by atoms with Crippen LogP contribution in [0.25, 0.3) is 12.4 Å². The van der Waals surface area contributed by atoms with Gasteiger partial charge in [0.1, 0.15) is 5.76 Å². The van der Waals surface area contributed by atoms with Crippen molar-refractivity contribution < 1.29 is 4.42 Å². The Bertz CT molecular complexity index is 509. The number of nitrogens with zero attached hydrogens (tertiary/aromatic N) is 3. The molecule has 0 saturated heterocycles. The molecule has 2 N–H and O–H groups in total. The number of hydrogen-bond donors (Lipinski definition) is 1. The summed E-state index contributed by atoms with van der Waals surface area (Å²) < 4.78 is 5.39. The molecule has 0 aliphatic rings. The molecule has 1 aromatic heterocycles. The highest BCUT2D eigenvalue weighted by molar-refractivity contribution is 5.46. The van der Waals surface area contributed by atoms with Crippen molar-refractivity contribution >= 4 is 19.1 Å². The summed E-state index contributed by atoms with van der Waals surface area (Å²) in [5.74, 6) is 0.816. The summed E-state index contributed by atoms with van der Waals surface area (Å²) in [7, 11) is 1.66. The molecule has 0 atom stereocenters. The van der Waals surface area contributed by atoms with E-state index in [-0.39, 0.29) is 5.82 Å². The van der Waals surface area contributed by atoms with Crippen molar-refractivity contribution in [3.05, 3.63) is 22.5 Å². The quantitative estimate of drug-likeness (QED) is 0.402. The first-order valence-corrected chi connectivity index (χ1v) is 4.23. The van der Waals surface area contributed by atoms with Gasteiger partial charge in [0.15, 0.2) is 17.4 Å². The van der Waals surface area contributed by atoms with Crippen LogP contribution in [0.5, 0.6) is 0 Å². The third-order valence-electron chi connectivity index (χ3n) is 1.83. The molecule has 0 bridgehead atoms. The van der Waals surface area contributed by atoms with Crippen LogP contribution in [0.2, 0.25) is 0 Å². The van der Waals surface area contributed by atoms with Crippen LogP contribution in [-0.4, -0.2) is 18.7 Å². The van der Waals surface area contributed by atoms with Crippen LogP contribution in [-0.2, 0) is 6.54 Å². The molecule has 0 aromatic carbocycles. The average molecular weight is 204 g/mol. The normalized spacial score (nSPS) is 11.7. The maximum absolute atomic E-state index is 8.59. The lowest BCUT2D eigenvalue weighted by Crippen LogP contribution is -2.23. The van der Waals surface area contributed by atoms with Crippen molar-refractivity contribution in [1.82, 2.24) is 4.90 Å². The van der Waals surface area contributed by atoms with Crippen molar-refractivity contribution in [2.24, 2.45) is 10.7 Å². The van der Waals surface area contributed by atoms with Gasteiger partial charge in [-0.3, -0.25) is 0 Å². The first-order chi connectivity index (χ1) is 7.08. The minimum Gasteiger partial charge on any atom is -0.455 e. The Balaban J connectivity index is 3.14. The zero-order valence-corrected chi connectivity index (χ0v) is 8.53. The SMILES string of the molecule is C=N/C(N)=c1/oc(CN(C)C#N)cc1=C. The first-order valence-electron chi connectivity index (χ1n) is 4.23. The molecule has 15 heavy (non-hydrogen) atoms. The molecule has 78 valence electrons. The molecule has 0 unspecified atom stereocenters. The second-order valence-corrected chi connectivity index (χ2v) is 3.07. The van der Waals surface area contributed by atoms with Gasteiger partial charge in [0.25, 0.3) is 0 Å². The zero-order valence-electron chi connectivity index (χ0n) is 8.53. The summed E-state index contributed by atoms with van der Waals surface area (Å²) >= 11 is 0. The first kappa shape index (κ1) is 10.9. The van der Waals surface area contributed by atoms with Gasteiger partial charge in [-0.05, 0) is 12.8 Å². The Morgan fingerprint density at radius 1 is 1.80 bits per heavy atom. The van der Waals surface area contributed by atoms with E-state index >= 15 is 0 Å². The monoisotopic (exact) mass is 204 g/mol. The van der Waals surface area contributed by atoms with Crippen LogP contribution in [0.1, 0.15) is 5.76 Å². The van der Waals surface area contributed by atoms with Gasteiger partial charge < -0.3 is 15.1 Å². The van der Waals surface area contributed by atoms with Crippen molar-refractivity contribution in [2.75, 3.05) is 7.05 Å². The van der Waals surface area contributed by atoms with E-state index in [9.17, 15) is 0 Å². The lowest BCUT2D eigenvalue weighted by atomic mass is 10.4. The number of rotatable bonds is 3. The van der Waals surface area contributed by atoms with Gasteiger partial charge in [-0.1, -0.05) is 6.58 Å². The van der Waals surface area contributed by atoms with Crippen LogP contribution in [0.3, 0.4) is 0 Å². The van der Waals surface area contributed by atoms with Crippen molar-refractivity contribution in [3.8, 4) is 6.19 Å². The lowest BCUT2D eigenvalue weighted by Gasteiger charge is -2.03. The van der Waals surface area contributed by atoms with E-state index in [0.29, 0.717) is 22.9 Å². The Hall–Kier alpha value is -2.22. The molecule has 5 nitrogen and oxygen atoms in total. The van der Waals surface area contributed by atoms with E-state index in [2.05, 4.69) is 18.3 Å².